The summed E-state index contributed by atoms with van der Waals surface area (Å²) in [4.78, 5) is 27.9. The summed E-state index contributed by atoms with van der Waals surface area (Å²) in [6.07, 6.45) is 2.95. The maximum atomic E-state index is 13.9. The van der Waals surface area contributed by atoms with Crippen molar-refractivity contribution in [1.82, 2.24) is 15.0 Å². The van der Waals surface area contributed by atoms with Crippen LogP contribution in [0.25, 0.3) is 21.3 Å². The molecule has 0 spiro atoms. The van der Waals surface area contributed by atoms with Gasteiger partial charge in [-0.25, -0.2) is 9.37 Å². The number of ether oxygens (including phenoxy) is 1. The predicted octanol–water partition coefficient (Wildman–Crippen LogP) is 3.47. The number of benzene rings is 2. The molecule has 0 aliphatic carbocycles. The van der Waals surface area contributed by atoms with E-state index in [1.165, 1.54) is 24.5 Å². The third-order valence-corrected chi connectivity index (χ3v) is 5.78. The van der Waals surface area contributed by atoms with E-state index in [1.807, 2.05) is 12.1 Å². The van der Waals surface area contributed by atoms with Crippen molar-refractivity contribution in [1.29, 1.82) is 0 Å². The number of nitrogens with one attached hydrogen (secondary N) is 1. The lowest BCUT2D eigenvalue weighted by molar-refractivity contribution is 0.102. The molecule has 1 fully saturated rings. The first-order valence-electron chi connectivity index (χ1n) is 9.12. The van der Waals surface area contributed by atoms with Crippen molar-refractivity contribution in [2.24, 2.45) is 0 Å². The van der Waals surface area contributed by atoms with Crippen molar-refractivity contribution in [3.05, 3.63) is 54.1 Å². The number of nitrogens with zero attached hydrogens (tertiary/aromatic N) is 4. The molecule has 2 aromatic carbocycles. The van der Waals surface area contributed by atoms with Gasteiger partial charge in [0.25, 0.3) is 5.91 Å². The molecule has 1 saturated heterocycles. The zero-order valence-corrected chi connectivity index (χ0v) is 16.1. The fraction of sp³-hybridized carbons (Fsp3) is 0.200. The standard InChI is InChI=1S/C20H16FN5O2S/c21-12-9-14(18-16(10-12)22-3-4-23-18)19(27)24-13-1-2-15-17(11-13)29-20(25-15)26-5-7-28-8-6-26/h1-4,9-11H,5-8H2,(H,24,27). The van der Waals surface area contributed by atoms with Crippen LogP contribution in [0.1, 0.15) is 10.4 Å². The molecular weight excluding hydrogens is 393 g/mol. The van der Waals surface area contributed by atoms with E-state index in [9.17, 15) is 9.18 Å². The molecule has 0 radical (unpaired) electrons. The number of rotatable bonds is 3. The number of fused-ring (bicyclic) bond motifs is 2. The van der Waals surface area contributed by atoms with Crippen molar-refractivity contribution in [2.45, 2.75) is 0 Å². The Labute approximate surface area is 169 Å². The van der Waals surface area contributed by atoms with Gasteiger partial charge in [-0.3, -0.25) is 14.8 Å². The van der Waals surface area contributed by atoms with Gasteiger partial charge in [0, 0.05) is 37.2 Å². The van der Waals surface area contributed by atoms with E-state index in [-0.39, 0.29) is 5.56 Å². The number of anilines is 2. The van der Waals surface area contributed by atoms with Crippen LogP contribution in [-0.4, -0.2) is 47.2 Å². The average molecular weight is 409 g/mol. The van der Waals surface area contributed by atoms with Crippen molar-refractivity contribution in [2.75, 3.05) is 36.5 Å². The number of hydrogen-bond donors (Lipinski definition) is 1. The highest BCUT2D eigenvalue weighted by atomic mass is 32.1. The Kier molecular flexibility index (Phi) is 4.53. The second-order valence-electron chi connectivity index (χ2n) is 6.61. The number of carbonyl (C=O) groups is 1. The first-order chi connectivity index (χ1) is 14.2. The molecular formula is C20H16FN5O2S. The monoisotopic (exact) mass is 409 g/mol. The van der Waals surface area contributed by atoms with Crippen molar-refractivity contribution < 1.29 is 13.9 Å². The van der Waals surface area contributed by atoms with Crippen LogP contribution in [0.4, 0.5) is 15.2 Å². The smallest absolute Gasteiger partial charge is 0.258 e. The van der Waals surface area contributed by atoms with E-state index in [0.29, 0.717) is 29.9 Å². The highest BCUT2D eigenvalue weighted by Crippen LogP contribution is 2.31. The van der Waals surface area contributed by atoms with E-state index in [1.54, 1.807) is 17.4 Å². The molecule has 1 aliphatic heterocycles. The first kappa shape index (κ1) is 17.9. The van der Waals surface area contributed by atoms with Crippen LogP contribution < -0.4 is 10.2 Å². The Hall–Kier alpha value is -3.17. The van der Waals surface area contributed by atoms with Crippen LogP contribution in [0.15, 0.2) is 42.7 Å². The van der Waals surface area contributed by atoms with Gasteiger partial charge in [0.15, 0.2) is 5.13 Å². The molecule has 0 atom stereocenters. The SMILES string of the molecule is O=C(Nc1ccc2nc(N3CCOCC3)sc2c1)c1cc(F)cc2nccnc12. The van der Waals surface area contributed by atoms with Crippen LogP contribution in [0, 0.1) is 5.82 Å². The van der Waals surface area contributed by atoms with Gasteiger partial charge < -0.3 is 15.0 Å². The summed E-state index contributed by atoms with van der Waals surface area (Å²) in [7, 11) is 0. The molecule has 1 amide bonds. The number of hydrogen-bond acceptors (Lipinski definition) is 7. The summed E-state index contributed by atoms with van der Waals surface area (Å²) >= 11 is 1.57. The minimum Gasteiger partial charge on any atom is -0.378 e. The molecule has 29 heavy (non-hydrogen) atoms. The molecule has 2 aromatic heterocycles. The van der Waals surface area contributed by atoms with E-state index in [2.05, 4.69) is 25.2 Å². The number of carbonyl (C=O) groups excluding carboxylic acids is 1. The molecule has 1 aliphatic rings. The average Bonchev–Trinajstić information content (AvgIpc) is 3.17. The lowest BCUT2D eigenvalue weighted by Crippen LogP contribution is -2.36. The summed E-state index contributed by atoms with van der Waals surface area (Å²) in [6.45, 7) is 3.03. The Balaban J connectivity index is 1.43. The highest BCUT2D eigenvalue weighted by Gasteiger charge is 2.17. The Morgan fingerprint density at radius 1 is 1.10 bits per heavy atom. The number of amides is 1. The van der Waals surface area contributed by atoms with Crippen LogP contribution in [0.2, 0.25) is 0 Å². The fourth-order valence-electron chi connectivity index (χ4n) is 3.29. The molecule has 4 aromatic rings. The topological polar surface area (TPSA) is 80.2 Å². The van der Waals surface area contributed by atoms with Gasteiger partial charge in [-0.05, 0) is 24.3 Å². The quantitative estimate of drug-likeness (QED) is 0.558. The van der Waals surface area contributed by atoms with Gasteiger partial charge in [-0.1, -0.05) is 11.3 Å². The minimum absolute atomic E-state index is 0.145. The largest absolute Gasteiger partial charge is 0.378 e. The fourth-order valence-corrected chi connectivity index (χ4v) is 4.35. The maximum absolute atomic E-state index is 13.9. The summed E-state index contributed by atoms with van der Waals surface area (Å²) in [6, 6.07) is 7.97. The Morgan fingerprint density at radius 2 is 1.93 bits per heavy atom. The Bertz CT molecular complexity index is 1220. The lowest BCUT2D eigenvalue weighted by Gasteiger charge is -2.25. The molecule has 0 saturated carbocycles. The molecule has 146 valence electrons. The zero-order chi connectivity index (χ0) is 19.8. The van der Waals surface area contributed by atoms with E-state index in [0.717, 1.165) is 28.4 Å². The number of aromatic nitrogens is 3. The van der Waals surface area contributed by atoms with Crippen molar-refractivity contribution >= 4 is 49.3 Å². The van der Waals surface area contributed by atoms with E-state index < -0.39 is 11.7 Å². The molecule has 9 heteroatoms. The number of halogens is 1. The first-order valence-corrected chi connectivity index (χ1v) is 9.94. The predicted molar refractivity (Wildman–Crippen MR) is 110 cm³/mol. The van der Waals surface area contributed by atoms with Crippen LogP contribution in [0.3, 0.4) is 0 Å². The van der Waals surface area contributed by atoms with Crippen LogP contribution in [0.5, 0.6) is 0 Å². The Morgan fingerprint density at radius 3 is 2.79 bits per heavy atom. The summed E-state index contributed by atoms with van der Waals surface area (Å²) in [5.74, 6) is -0.969. The zero-order valence-electron chi connectivity index (χ0n) is 15.3. The van der Waals surface area contributed by atoms with Gasteiger partial charge in [0.2, 0.25) is 0 Å². The summed E-state index contributed by atoms with van der Waals surface area (Å²) in [5, 5.41) is 3.77. The van der Waals surface area contributed by atoms with Gasteiger partial charge in [-0.15, -0.1) is 0 Å². The van der Waals surface area contributed by atoms with E-state index in [4.69, 9.17) is 4.74 Å². The second-order valence-corrected chi connectivity index (χ2v) is 7.62. The molecule has 3 heterocycles. The van der Waals surface area contributed by atoms with Gasteiger partial charge >= 0.3 is 0 Å². The van der Waals surface area contributed by atoms with Crippen LogP contribution >= 0.6 is 11.3 Å². The molecule has 1 N–H and O–H groups in total. The molecule has 5 rings (SSSR count). The van der Waals surface area contributed by atoms with Crippen LogP contribution in [-0.2, 0) is 4.74 Å². The van der Waals surface area contributed by atoms with Gasteiger partial charge in [0.05, 0.1) is 34.5 Å². The highest BCUT2D eigenvalue weighted by molar-refractivity contribution is 7.22. The lowest BCUT2D eigenvalue weighted by atomic mass is 10.1. The molecule has 0 unspecified atom stereocenters. The van der Waals surface area contributed by atoms with E-state index >= 15 is 0 Å². The molecule has 0 bridgehead atoms. The summed E-state index contributed by atoms with van der Waals surface area (Å²) in [5.41, 5.74) is 2.33. The normalized spacial score (nSPS) is 14.4. The minimum atomic E-state index is -0.531. The van der Waals surface area contributed by atoms with Gasteiger partial charge in [0.1, 0.15) is 11.3 Å². The maximum Gasteiger partial charge on any atom is 0.258 e. The number of morpholine rings is 1. The molecule has 7 nitrogen and oxygen atoms in total. The third kappa shape index (κ3) is 3.50. The van der Waals surface area contributed by atoms with Gasteiger partial charge in [-0.2, -0.15) is 0 Å². The summed E-state index contributed by atoms with van der Waals surface area (Å²) < 4.78 is 20.3. The third-order valence-electron chi connectivity index (χ3n) is 4.70. The number of thiazole rings is 1. The van der Waals surface area contributed by atoms with Crippen molar-refractivity contribution in [3.8, 4) is 0 Å². The second kappa shape index (κ2) is 7.34. The van der Waals surface area contributed by atoms with Crippen molar-refractivity contribution in [3.63, 3.8) is 0 Å².